The normalized spacial score (nSPS) is 12.0. The van der Waals surface area contributed by atoms with Gasteiger partial charge in [-0.25, -0.2) is 0 Å². The predicted octanol–water partition coefficient (Wildman–Crippen LogP) is 2.38. The molecule has 0 saturated carbocycles. The number of ether oxygens (including phenoxy) is 2. The van der Waals surface area contributed by atoms with Crippen molar-refractivity contribution in [3.63, 3.8) is 0 Å². The van der Waals surface area contributed by atoms with E-state index >= 15 is 0 Å². The van der Waals surface area contributed by atoms with Crippen molar-refractivity contribution in [1.82, 2.24) is 0 Å². The lowest BCUT2D eigenvalue weighted by Crippen LogP contribution is -2.03. The highest BCUT2D eigenvalue weighted by Gasteiger charge is 2.10. The van der Waals surface area contributed by atoms with E-state index in [-0.39, 0.29) is 5.97 Å². The van der Waals surface area contributed by atoms with Crippen LogP contribution in [0.3, 0.4) is 0 Å². The second-order valence-corrected chi connectivity index (χ2v) is 4.21. The maximum atomic E-state index is 10.9. The Morgan fingerprint density at radius 3 is 2.67 bits per heavy atom. The minimum absolute atomic E-state index is 0.242. The van der Waals surface area contributed by atoms with Gasteiger partial charge in [0.2, 0.25) is 0 Å². The number of hydrogen-bond acceptors (Lipinski definition) is 4. The molecule has 0 bridgehead atoms. The van der Waals surface area contributed by atoms with Crippen molar-refractivity contribution in [1.29, 1.82) is 0 Å². The zero-order chi connectivity index (χ0) is 13.5. The molecule has 18 heavy (non-hydrogen) atoms. The Morgan fingerprint density at radius 2 is 2.11 bits per heavy atom. The van der Waals surface area contributed by atoms with Gasteiger partial charge in [-0.1, -0.05) is 6.07 Å². The van der Waals surface area contributed by atoms with E-state index in [9.17, 15) is 9.90 Å². The first-order chi connectivity index (χ1) is 8.58. The summed E-state index contributed by atoms with van der Waals surface area (Å²) in [5.74, 6) is 0.564. The number of carbonyl (C=O) groups is 1. The molecule has 1 N–H and O–H groups in total. The molecule has 0 aromatic heterocycles. The fourth-order valence-electron chi connectivity index (χ4n) is 1.82. The second kappa shape index (κ2) is 7.01. The zero-order valence-electron chi connectivity index (χ0n) is 11.1. The first kappa shape index (κ1) is 14.5. The number of aliphatic hydroxyl groups is 1. The molecule has 0 fully saturated rings. The molecule has 1 rings (SSSR count). The number of aryl methyl sites for hydroxylation is 1. The first-order valence-corrected chi connectivity index (χ1v) is 5.98. The topological polar surface area (TPSA) is 55.8 Å². The monoisotopic (exact) mass is 252 g/mol. The van der Waals surface area contributed by atoms with Crippen molar-refractivity contribution in [2.45, 2.75) is 32.3 Å². The van der Waals surface area contributed by atoms with Crippen LogP contribution in [0.4, 0.5) is 0 Å². The van der Waals surface area contributed by atoms with Crippen LogP contribution in [0.1, 0.15) is 36.5 Å². The summed E-state index contributed by atoms with van der Waals surface area (Å²) in [6.45, 7) is 1.93. The van der Waals surface area contributed by atoms with Crippen LogP contribution >= 0.6 is 0 Å². The quantitative estimate of drug-likeness (QED) is 0.790. The minimum atomic E-state index is -0.556. The van der Waals surface area contributed by atoms with Gasteiger partial charge in [0.15, 0.2) is 0 Å². The first-order valence-electron chi connectivity index (χ1n) is 5.98. The van der Waals surface area contributed by atoms with Crippen molar-refractivity contribution >= 4 is 5.97 Å². The van der Waals surface area contributed by atoms with E-state index in [2.05, 4.69) is 4.74 Å². The lowest BCUT2D eigenvalue weighted by Gasteiger charge is -2.13. The highest BCUT2D eigenvalue weighted by molar-refractivity contribution is 5.68. The third kappa shape index (κ3) is 4.04. The molecule has 0 radical (unpaired) electrons. The van der Waals surface area contributed by atoms with Gasteiger partial charge in [-0.05, 0) is 43.0 Å². The number of methoxy groups -OCH3 is 2. The maximum absolute atomic E-state index is 10.9. The molecule has 4 heteroatoms. The van der Waals surface area contributed by atoms with Crippen molar-refractivity contribution in [3.05, 3.63) is 29.3 Å². The van der Waals surface area contributed by atoms with Crippen molar-refractivity contribution < 1.29 is 19.4 Å². The van der Waals surface area contributed by atoms with Gasteiger partial charge in [-0.2, -0.15) is 0 Å². The van der Waals surface area contributed by atoms with E-state index in [0.29, 0.717) is 19.3 Å². The van der Waals surface area contributed by atoms with Gasteiger partial charge in [0, 0.05) is 6.42 Å². The van der Waals surface area contributed by atoms with Crippen LogP contribution in [0, 0.1) is 6.92 Å². The molecule has 4 nitrogen and oxygen atoms in total. The molecule has 1 aromatic rings. The van der Waals surface area contributed by atoms with Gasteiger partial charge in [0.25, 0.3) is 0 Å². The van der Waals surface area contributed by atoms with Crippen LogP contribution in [0.25, 0.3) is 0 Å². The molecule has 1 aromatic carbocycles. The summed E-state index contributed by atoms with van der Waals surface area (Å²) in [5, 5.41) is 10.0. The zero-order valence-corrected chi connectivity index (χ0v) is 11.1. The van der Waals surface area contributed by atoms with E-state index in [4.69, 9.17) is 4.74 Å². The van der Waals surface area contributed by atoms with Crippen LogP contribution in [-0.4, -0.2) is 25.3 Å². The molecule has 1 atom stereocenters. The van der Waals surface area contributed by atoms with E-state index in [1.165, 1.54) is 7.11 Å². The lowest BCUT2D eigenvalue weighted by molar-refractivity contribution is -0.140. The van der Waals surface area contributed by atoms with E-state index in [1.54, 1.807) is 7.11 Å². The van der Waals surface area contributed by atoms with Gasteiger partial charge in [-0.15, -0.1) is 0 Å². The lowest BCUT2D eigenvalue weighted by atomic mass is 10.0. The van der Waals surface area contributed by atoms with E-state index < -0.39 is 6.10 Å². The number of esters is 1. The molecule has 1 unspecified atom stereocenters. The Kier molecular flexibility index (Phi) is 5.65. The highest BCUT2D eigenvalue weighted by atomic mass is 16.5. The van der Waals surface area contributed by atoms with Gasteiger partial charge in [0.1, 0.15) is 5.75 Å². The molecule has 0 saturated heterocycles. The number of rotatable bonds is 6. The third-order valence-corrected chi connectivity index (χ3v) is 2.89. The summed E-state index contributed by atoms with van der Waals surface area (Å²) < 4.78 is 9.71. The van der Waals surface area contributed by atoms with Gasteiger partial charge >= 0.3 is 5.97 Å². The molecule has 0 spiro atoms. The van der Waals surface area contributed by atoms with Gasteiger partial charge in [0.05, 0.1) is 20.3 Å². The van der Waals surface area contributed by atoms with Crippen LogP contribution < -0.4 is 4.74 Å². The van der Waals surface area contributed by atoms with Crippen LogP contribution in [0.5, 0.6) is 5.75 Å². The molecule has 0 aliphatic rings. The standard InChI is InChI=1S/C14H20O4/c1-10-9-11(7-8-13(10)17-2)12(15)5-4-6-14(16)18-3/h7-9,12,15H,4-6H2,1-3H3. The SMILES string of the molecule is COC(=O)CCCC(O)c1ccc(OC)c(C)c1. The summed E-state index contributed by atoms with van der Waals surface area (Å²) in [7, 11) is 2.99. The van der Waals surface area contributed by atoms with Gasteiger partial charge in [-0.3, -0.25) is 4.79 Å². The fraction of sp³-hybridized carbons (Fsp3) is 0.500. The largest absolute Gasteiger partial charge is 0.496 e. The highest BCUT2D eigenvalue weighted by Crippen LogP contribution is 2.25. The van der Waals surface area contributed by atoms with E-state index in [1.807, 2.05) is 25.1 Å². The molecule has 0 aliphatic carbocycles. The van der Waals surface area contributed by atoms with Crippen molar-refractivity contribution in [2.24, 2.45) is 0 Å². The average Bonchev–Trinajstić information content (AvgIpc) is 2.38. The second-order valence-electron chi connectivity index (χ2n) is 4.21. The molecule has 0 aliphatic heterocycles. The number of hydrogen-bond donors (Lipinski definition) is 1. The molecular formula is C14H20O4. The summed E-state index contributed by atoms with van der Waals surface area (Å²) in [6, 6.07) is 5.59. The minimum Gasteiger partial charge on any atom is -0.496 e. The van der Waals surface area contributed by atoms with Crippen molar-refractivity contribution in [3.8, 4) is 5.75 Å². The van der Waals surface area contributed by atoms with Crippen LogP contribution in [-0.2, 0) is 9.53 Å². The Hall–Kier alpha value is -1.55. The van der Waals surface area contributed by atoms with E-state index in [0.717, 1.165) is 16.9 Å². The fourth-order valence-corrected chi connectivity index (χ4v) is 1.82. The Labute approximate surface area is 108 Å². The summed E-state index contributed by atoms with van der Waals surface area (Å²) in [5.41, 5.74) is 1.83. The molecular weight excluding hydrogens is 232 g/mol. The van der Waals surface area contributed by atoms with Crippen molar-refractivity contribution in [2.75, 3.05) is 14.2 Å². The molecule has 0 amide bonds. The maximum Gasteiger partial charge on any atom is 0.305 e. The molecule has 100 valence electrons. The number of benzene rings is 1. The van der Waals surface area contributed by atoms with Crippen LogP contribution in [0.15, 0.2) is 18.2 Å². The smallest absolute Gasteiger partial charge is 0.305 e. The third-order valence-electron chi connectivity index (χ3n) is 2.89. The summed E-state index contributed by atoms with van der Waals surface area (Å²) in [6.07, 6.45) is 0.932. The Balaban J connectivity index is 2.53. The number of aliphatic hydroxyl groups excluding tert-OH is 1. The van der Waals surface area contributed by atoms with Crippen LogP contribution in [0.2, 0.25) is 0 Å². The molecule has 0 heterocycles. The summed E-state index contributed by atoms with van der Waals surface area (Å²) >= 11 is 0. The predicted molar refractivity (Wildman–Crippen MR) is 68.6 cm³/mol. The van der Waals surface area contributed by atoms with Gasteiger partial charge < -0.3 is 14.6 Å². The Morgan fingerprint density at radius 1 is 1.39 bits per heavy atom. The summed E-state index contributed by atoms with van der Waals surface area (Å²) in [4.78, 5) is 10.9. The Bertz CT molecular complexity index is 401. The average molecular weight is 252 g/mol. The number of carbonyl (C=O) groups excluding carboxylic acids is 1.